The van der Waals surface area contributed by atoms with Gasteiger partial charge in [-0.05, 0) is 42.8 Å². The van der Waals surface area contributed by atoms with Crippen LogP contribution in [0.4, 0.5) is 11.4 Å². The maximum atomic E-state index is 12.5. The highest BCUT2D eigenvalue weighted by molar-refractivity contribution is 7.18. The van der Waals surface area contributed by atoms with Crippen molar-refractivity contribution in [3.8, 4) is 0 Å². The van der Waals surface area contributed by atoms with Crippen molar-refractivity contribution in [1.29, 1.82) is 0 Å². The first kappa shape index (κ1) is 19.9. The average molecular weight is 433 g/mol. The van der Waals surface area contributed by atoms with Crippen molar-refractivity contribution < 1.29 is 14.4 Å². The molecule has 1 aromatic heterocycles. The minimum absolute atomic E-state index is 0.0236. The van der Waals surface area contributed by atoms with Gasteiger partial charge in [0.2, 0.25) is 11.8 Å². The summed E-state index contributed by atoms with van der Waals surface area (Å²) in [5, 5.41) is 2.88. The highest BCUT2D eigenvalue weighted by Crippen LogP contribution is 2.28. The molecule has 3 amide bonds. The molecule has 1 aromatic carbocycles. The van der Waals surface area contributed by atoms with Gasteiger partial charge >= 0.3 is 0 Å². The van der Waals surface area contributed by atoms with Gasteiger partial charge in [-0.1, -0.05) is 11.6 Å². The zero-order chi connectivity index (χ0) is 20.5. The van der Waals surface area contributed by atoms with E-state index >= 15 is 0 Å². The van der Waals surface area contributed by atoms with Crippen molar-refractivity contribution in [2.75, 3.05) is 29.4 Å². The molecule has 3 N–H and O–H groups in total. The largest absolute Gasteiger partial charge is 0.351 e. The monoisotopic (exact) mass is 432 g/mol. The Morgan fingerprint density at radius 3 is 2.41 bits per heavy atom. The number of nitrogens with one attached hydrogen (secondary N) is 1. The van der Waals surface area contributed by atoms with Gasteiger partial charge in [0, 0.05) is 43.3 Å². The van der Waals surface area contributed by atoms with E-state index in [0.717, 1.165) is 11.4 Å². The minimum Gasteiger partial charge on any atom is -0.351 e. The first-order valence-corrected chi connectivity index (χ1v) is 10.6. The van der Waals surface area contributed by atoms with Crippen molar-refractivity contribution in [1.82, 2.24) is 5.32 Å². The van der Waals surface area contributed by atoms with Crippen LogP contribution >= 0.6 is 22.9 Å². The summed E-state index contributed by atoms with van der Waals surface area (Å²) in [6.07, 6.45) is 1.03. The van der Waals surface area contributed by atoms with Crippen molar-refractivity contribution in [2.24, 2.45) is 11.7 Å². The highest BCUT2D eigenvalue weighted by Gasteiger charge is 2.32. The van der Waals surface area contributed by atoms with E-state index in [-0.39, 0.29) is 23.6 Å². The van der Waals surface area contributed by atoms with Gasteiger partial charge in [0.15, 0.2) is 0 Å². The van der Waals surface area contributed by atoms with Gasteiger partial charge < -0.3 is 20.9 Å². The van der Waals surface area contributed by atoms with Gasteiger partial charge in [0.1, 0.15) is 0 Å². The van der Waals surface area contributed by atoms with E-state index in [0.29, 0.717) is 41.7 Å². The molecule has 2 saturated heterocycles. The summed E-state index contributed by atoms with van der Waals surface area (Å²) in [6, 6.07) is 10.3. The molecular weight excluding hydrogens is 412 g/mol. The maximum absolute atomic E-state index is 12.5. The predicted octanol–water partition coefficient (Wildman–Crippen LogP) is 2.25. The Balaban J connectivity index is 1.35. The fourth-order valence-electron chi connectivity index (χ4n) is 3.70. The molecule has 0 spiro atoms. The summed E-state index contributed by atoms with van der Waals surface area (Å²) in [5.74, 6) is -0.182. The van der Waals surface area contributed by atoms with Crippen LogP contribution in [0.2, 0.25) is 4.34 Å². The summed E-state index contributed by atoms with van der Waals surface area (Å²) < 4.78 is 0.568. The quantitative estimate of drug-likeness (QED) is 0.757. The number of rotatable bonds is 5. The summed E-state index contributed by atoms with van der Waals surface area (Å²) >= 11 is 7.09. The number of nitrogens with two attached hydrogens (primary N) is 1. The van der Waals surface area contributed by atoms with E-state index in [9.17, 15) is 14.4 Å². The predicted molar refractivity (Wildman–Crippen MR) is 114 cm³/mol. The second kappa shape index (κ2) is 8.14. The number of carbonyl (C=O) groups excluding carboxylic acids is 3. The molecule has 3 heterocycles. The molecule has 0 saturated carbocycles. The van der Waals surface area contributed by atoms with Gasteiger partial charge in [0.05, 0.1) is 15.3 Å². The molecule has 4 rings (SSSR count). The molecule has 9 heteroatoms. The number of thiophene rings is 1. The minimum atomic E-state index is -0.434. The molecule has 2 atom stereocenters. The molecule has 0 unspecified atom stereocenters. The third-order valence-electron chi connectivity index (χ3n) is 5.27. The van der Waals surface area contributed by atoms with Gasteiger partial charge in [-0.2, -0.15) is 0 Å². The lowest BCUT2D eigenvalue weighted by Gasteiger charge is -2.20. The fraction of sp³-hybridized carbons (Fsp3) is 0.350. The van der Waals surface area contributed by atoms with Gasteiger partial charge in [-0.15, -0.1) is 11.3 Å². The van der Waals surface area contributed by atoms with Crippen molar-refractivity contribution in [3.05, 3.63) is 45.6 Å². The van der Waals surface area contributed by atoms with E-state index in [1.54, 1.807) is 21.9 Å². The number of amides is 3. The molecule has 0 radical (unpaired) electrons. The Morgan fingerprint density at radius 2 is 1.83 bits per heavy atom. The van der Waals surface area contributed by atoms with Crippen LogP contribution in [0.25, 0.3) is 0 Å². The molecular formula is C20H21ClN4O3S. The molecule has 2 aliphatic rings. The van der Waals surface area contributed by atoms with Gasteiger partial charge in [-0.3, -0.25) is 14.4 Å². The maximum Gasteiger partial charge on any atom is 0.261 e. The van der Waals surface area contributed by atoms with E-state index in [1.807, 2.05) is 24.3 Å². The third-order valence-corrected chi connectivity index (χ3v) is 6.50. The molecule has 29 heavy (non-hydrogen) atoms. The Labute approximate surface area is 177 Å². The second-order valence-electron chi connectivity index (χ2n) is 7.29. The molecule has 2 aliphatic heterocycles. The fourth-order valence-corrected chi connectivity index (χ4v) is 4.66. The van der Waals surface area contributed by atoms with Crippen LogP contribution in [0, 0.1) is 5.92 Å². The van der Waals surface area contributed by atoms with Crippen molar-refractivity contribution >= 4 is 52.0 Å². The van der Waals surface area contributed by atoms with Crippen LogP contribution in [0.3, 0.4) is 0 Å². The van der Waals surface area contributed by atoms with Crippen LogP contribution in [0.15, 0.2) is 36.4 Å². The van der Waals surface area contributed by atoms with E-state index in [4.69, 9.17) is 17.3 Å². The molecule has 2 fully saturated rings. The highest BCUT2D eigenvalue weighted by atomic mass is 35.5. The van der Waals surface area contributed by atoms with E-state index in [2.05, 4.69) is 5.32 Å². The normalized spacial score (nSPS) is 21.9. The molecule has 7 nitrogen and oxygen atoms in total. The van der Waals surface area contributed by atoms with Crippen molar-refractivity contribution in [2.45, 2.75) is 18.9 Å². The number of halogens is 1. The van der Waals surface area contributed by atoms with Crippen LogP contribution in [-0.4, -0.2) is 43.4 Å². The Hall–Kier alpha value is -2.42. The first-order valence-electron chi connectivity index (χ1n) is 9.43. The number of carbonyl (C=O) groups is 3. The summed E-state index contributed by atoms with van der Waals surface area (Å²) in [5.41, 5.74) is 7.35. The number of hydrogen-bond donors (Lipinski definition) is 2. The lowest BCUT2D eigenvalue weighted by Crippen LogP contribution is -2.34. The topological polar surface area (TPSA) is 95.7 Å². The van der Waals surface area contributed by atoms with Crippen LogP contribution < -0.4 is 20.9 Å². The van der Waals surface area contributed by atoms with E-state index < -0.39 is 6.04 Å². The van der Waals surface area contributed by atoms with Gasteiger partial charge in [-0.25, -0.2) is 0 Å². The zero-order valence-corrected chi connectivity index (χ0v) is 17.2. The lowest BCUT2D eigenvalue weighted by atomic mass is 10.1. The lowest BCUT2D eigenvalue weighted by molar-refractivity contribution is -0.118. The molecule has 2 aromatic rings. The summed E-state index contributed by atoms with van der Waals surface area (Å²) in [7, 11) is 0. The third kappa shape index (κ3) is 4.14. The van der Waals surface area contributed by atoms with Crippen LogP contribution in [-0.2, 0) is 9.59 Å². The van der Waals surface area contributed by atoms with Gasteiger partial charge in [0.25, 0.3) is 5.91 Å². The van der Waals surface area contributed by atoms with Crippen molar-refractivity contribution in [3.63, 3.8) is 0 Å². The number of benzene rings is 1. The molecule has 0 bridgehead atoms. The van der Waals surface area contributed by atoms with Crippen LogP contribution in [0.5, 0.6) is 0 Å². The number of hydrogen-bond acceptors (Lipinski definition) is 5. The zero-order valence-electron chi connectivity index (χ0n) is 15.6. The molecule has 152 valence electrons. The smallest absolute Gasteiger partial charge is 0.261 e. The Morgan fingerprint density at radius 1 is 1.14 bits per heavy atom. The molecule has 0 aliphatic carbocycles. The van der Waals surface area contributed by atoms with Crippen LogP contribution in [0.1, 0.15) is 22.5 Å². The second-order valence-corrected chi connectivity index (χ2v) is 9.00. The Kier molecular flexibility index (Phi) is 5.58. The summed E-state index contributed by atoms with van der Waals surface area (Å²) in [6.45, 7) is 1.57. The Bertz CT molecular complexity index is 945. The standard InChI is InChI=1S/C20H21ClN4O3S/c21-17-6-5-16(29-17)19(27)23-10-12-9-18(26)25(11-12)14-3-1-13(2-4-14)24-8-7-15(22)20(24)28/h1-6,12,15H,7-11,22H2,(H,23,27)/t12-,15+/m0/s1. The van der Waals surface area contributed by atoms with E-state index in [1.165, 1.54) is 11.3 Å². The number of nitrogens with zero attached hydrogens (tertiary/aromatic N) is 2. The SMILES string of the molecule is N[C@@H]1CCN(c2ccc(N3C[C@H](CNC(=O)c4ccc(Cl)s4)CC3=O)cc2)C1=O. The average Bonchev–Trinajstić information content (AvgIpc) is 3.40. The first-order chi connectivity index (χ1) is 13.9. The summed E-state index contributed by atoms with van der Waals surface area (Å²) in [4.78, 5) is 40.6. The number of anilines is 2.